The summed E-state index contributed by atoms with van der Waals surface area (Å²) in [4.78, 5) is 14.4. The highest BCUT2D eigenvalue weighted by Gasteiger charge is 2.33. The third kappa shape index (κ3) is 2.12. The molecule has 0 bridgehead atoms. The van der Waals surface area contributed by atoms with Crippen molar-refractivity contribution < 1.29 is 22.7 Å². The lowest BCUT2D eigenvalue weighted by Crippen LogP contribution is -2.05. The van der Waals surface area contributed by atoms with E-state index in [1.807, 2.05) is 0 Å². The van der Waals surface area contributed by atoms with Gasteiger partial charge < -0.3 is 9.72 Å². The van der Waals surface area contributed by atoms with E-state index < -0.39 is 17.7 Å². The Bertz CT molecular complexity index is 849. The predicted octanol–water partition coefficient (Wildman–Crippen LogP) is 4.13. The summed E-state index contributed by atoms with van der Waals surface area (Å²) in [5.41, 5.74) is 0.425. The average molecular weight is 293 g/mol. The normalized spacial score (nSPS) is 12.0. The molecule has 0 aliphatic rings. The van der Waals surface area contributed by atoms with Crippen LogP contribution in [0.4, 0.5) is 13.2 Å². The van der Waals surface area contributed by atoms with Gasteiger partial charge in [0.25, 0.3) is 0 Å². The van der Waals surface area contributed by atoms with Gasteiger partial charge in [0.2, 0.25) is 0 Å². The van der Waals surface area contributed by atoms with E-state index in [1.54, 1.807) is 6.07 Å². The Morgan fingerprint density at radius 1 is 1.14 bits per heavy atom. The molecule has 2 aromatic carbocycles. The maximum Gasteiger partial charge on any atom is 0.417 e. The van der Waals surface area contributed by atoms with Crippen LogP contribution in [0.15, 0.2) is 36.4 Å². The van der Waals surface area contributed by atoms with E-state index in [4.69, 9.17) is 0 Å². The van der Waals surface area contributed by atoms with Crippen molar-refractivity contribution in [1.29, 1.82) is 0 Å². The number of benzene rings is 2. The van der Waals surface area contributed by atoms with Crippen LogP contribution in [0.3, 0.4) is 0 Å². The molecule has 3 aromatic rings. The molecule has 0 unspecified atom stereocenters. The molecule has 1 N–H and O–H groups in total. The second kappa shape index (κ2) is 4.51. The summed E-state index contributed by atoms with van der Waals surface area (Å²) >= 11 is 0. The highest BCUT2D eigenvalue weighted by molar-refractivity contribution is 6.10. The number of methoxy groups -OCH3 is 1. The molecule has 0 amide bonds. The Hall–Kier alpha value is -2.50. The molecule has 0 aliphatic carbocycles. The number of carbonyl (C=O) groups excluding carboxylic acids is 1. The summed E-state index contributed by atoms with van der Waals surface area (Å²) in [5, 5.41) is 0.530. The third-order valence-corrected chi connectivity index (χ3v) is 3.35. The first-order chi connectivity index (χ1) is 9.91. The third-order valence-electron chi connectivity index (χ3n) is 3.35. The lowest BCUT2D eigenvalue weighted by atomic mass is 10.0. The van der Waals surface area contributed by atoms with Gasteiger partial charge in [0.1, 0.15) is 0 Å². The van der Waals surface area contributed by atoms with E-state index in [0.29, 0.717) is 16.4 Å². The number of aromatic nitrogens is 1. The van der Waals surface area contributed by atoms with E-state index in [-0.39, 0.29) is 10.9 Å². The van der Waals surface area contributed by atoms with Gasteiger partial charge in [-0.1, -0.05) is 12.1 Å². The molecule has 0 atom stereocenters. The fourth-order valence-corrected chi connectivity index (χ4v) is 2.44. The van der Waals surface area contributed by atoms with Crippen molar-refractivity contribution in [2.75, 3.05) is 7.11 Å². The Morgan fingerprint density at radius 2 is 1.90 bits per heavy atom. The van der Waals surface area contributed by atoms with Crippen molar-refractivity contribution in [3.8, 4) is 0 Å². The molecule has 0 saturated carbocycles. The monoisotopic (exact) mass is 293 g/mol. The average Bonchev–Trinajstić information content (AvgIpc) is 2.82. The van der Waals surface area contributed by atoms with Crippen molar-refractivity contribution in [1.82, 2.24) is 4.98 Å². The molecule has 0 radical (unpaired) electrons. The minimum atomic E-state index is -4.43. The number of ether oxygens (including phenoxy) is 1. The van der Waals surface area contributed by atoms with Crippen LogP contribution in [-0.4, -0.2) is 18.1 Å². The maximum atomic E-state index is 13.1. The molecule has 0 aliphatic heterocycles. The summed E-state index contributed by atoms with van der Waals surface area (Å²) in [7, 11) is 1.25. The summed E-state index contributed by atoms with van der Waals surface area (Å²) in [6.45, 7) is 0. The molecule has 1 heterocycles. The van der Waals surface area contributed by atoms with E-state index in [9.17, 15) is 18.0 Å². The standard InChI is InChI=1S/C15H10F3NO2/c1-21-14(20)8-5-6-9-12(7-8)19-11-4-2-3-10(13(9)11)15(16,17)18/h2-7,19H,1H3. The number of halogens is 3. The van der Waals surface area contributed by atoms with Crippen molar-refractivity contribution in [2.45, 2.75) is 6.18 Å². The van der Waals surface area contributed by atoms with E-state index in [0.717, 1.165) is 6.07 Å². The predicted molar refractivity (Wildman–Crippen MR) is 72.1 cm³/mol. The van der Waals surface area contributed by atoms with Gasteiger partial charge in [-0.25, -0.2) is 4.79 Å². The van der Waals surface area contributed by atoms with Crippen LogP contribution < -0.4 is 0 Å². The summed E-state index contributed by atoms with van der Waals surface area (Å²) in [6.07, 6.45) is -4.43. The van der Waals surface area contributed by atoms with Crippen LogP contribution >= 0.6 is 0 Å². The summed E-state index contributed by atoms with van der Waals surface area (Å²) in [5.74, 6) is -0.536. The smallest absolute Gasteiger partial charge is 0.417 e. The van der Waals surface area contributed by atoms with E-state index in [2.05, 4.69) is 9.72 Å². The molecule has 0 spiro atoms. The molecule has 0 saturated heterocycles. The molecule has 108 valence electrons. The minimum absolute atomic E-state index is 0.108. The van der Waals surface area contributed by atoms with Crippen LogP contribution in [0, 0.1) is 0 Å². The Morgan fingerprint density at radius 3 is 2.57 bits per heavy atom. The number of rotatable bonds is 1. The van der Waals surface area contributed by atoms with Gasteiger partial charge in [0.05, 0.1) is 18.2 Å². The van der Waals surface area contributed by atoms with E-state index in [1.165, 1.54) is 31.4 Å². The molecule has 0 fully saturated rings. The first-order valence-electron chi connectivity index (χ1n) is 6.12. The highest BCUT2D eigenvalue weighted by Crippen LogP contribution is 2.38. The molecule has 21 heavy (non-hydrogen) atoms. The molecule has 3 nitrogen and oxygen atoms in total. The number of fused-ring (bicyclic) bond motifs is 3. The first-order valence-corrected chi connectivity index (χ1v) is 6.12. The van der Waals surface area contributed by atoms with Gasteiger partial charge in [-0.05, 0) is 24.3 Å². The zero-order valence-electron chi connectivity index (χ0n) is 10.9. The molecular weight excluding hydrogens is 283 g/mol. The van der Waals surface area contributed by atoms with Gasteiger partial charge in [-0.15, -0.1) is 0 Å². The number of aromatic amines is 1. The van der Waals surface area contributed by atoms with Crippen molar-refractivity contribution in [3.63, 3.8) is 0 Å². The number of hydrogen-bond donors (Lipinski definition) is 1. The topological polar surface area (TPSA) is 42.1 Å². The number of nitrogens with one attached hydrogen (secondary N) is 1. The first kappa shape index (κ1) is 13.5. The number of esters is 1. The molecule has 3 rings (SSSR count). The largest absolute Gasteiger partial charge is 0.465 e. The molecular formula is C15H10F3NO2. The quantitative estimate of drug-likeness (QED) is 0.685. The zero-order valence-corrected chi connectivity index (χ0v) is 10.9. The van der Waals surface area contributed by atoms with Gasteiger partial charge in [-0.2, -0.15) is 13.2 Å². The lowest BCUT2D eigenvalue weighted by Gasteiger charge is -2.08. The number of hydrogen-bond acceptors (Lipinski definition) is 2. The number of H-pyrrole nitrogens is 1. The number of carbonyl (C=O) groups is 1. The van der Waals surface area contributed by atoms with Crippen LogP contribution in [0.5, 0.6) is 0 Å². The van der Waals surface area contributed by atoms with Gasteiger partial charge >= 0.3 is 12.1 Å². The second-order valence-corrected chi connectivity index (χ2v) is 4.60. The van der Waals surface area contributed by atoms with E-state index >= 15 is 0 Å². The van der Waals surface area contributed by atoms with Crippen LogP contribution in [0.1, 0.15) is 15.9 Å². The molecule has 6 heteroatoms. The van der Waals surface area contributed by atoms with Crippen molar-refractivity contribution in [2.24, 2.45) is 0 Å². The Labute approximate surface area is 117 Å². The van der Waals surface area contributed by atoms with Crippen LogP contribution in [-0.2, 0) is 10.9 Å². The van der Waals surface area contributed by atoms with Crippen molar-refractivity contribution >= 4 is 27.8 Å². The fraction of sp³-hybridized carbons (Fsp3) is 0.133. The van der Waals surface area contributed by atoms with Gasteiger partial charge in [-0.3, -0.25) is 0 Å². The number of alkyl halides is 3. The molecule has 1 aromatic heterocycles. The minimum Gasteiger partial charge on any atom is -0.465 e. The van der Waals surface area contributed by atoms with Crippen LogP contribution in [0.2, 0.25) is 0 Å². The van der Waals surface area contributed by atoms with Gasteiger partial charge in [0.15, 0.2) is 0 Å². The van der Waals surface area contributed by atoms with Gasteiger partial charge in [0, 0.05) is 21.8 Å². The summed E-state index contributed by atoms with van der Waals surface area (Å²) in [6, 6.07) is 8.40. The van der Waals surface area contributed by atoms with Crippen LogP contribution in [0.25, 0.3) is 21.8 Å². The summed E-state index contributed by atoms with van der Waals surface area (Å²) < 4.78 is 43.9. The second-order valence-electron chi connectivity index (χ2n) is 4.60. The fourth-order valence-electron chi connectivity index (χ4n) is 2.44. The van der Waals surface area contributed by atoms with Crippen molar-refractivity contribution in [3.05, 3.63) is 47.5 Å². The zero-order chi connectivity index (χ0) is 15.2. The SMILES string of the molecule is COC(=O)c1ccc2c(c1)[nH]c1cccc(C(F)(F)F)c12. The lowest BCUT2D eigenvalue weighted by molar-refractivity contribution is -0.136. The Kier molecular flexibility index (Phi) is 2.90. The maximum absolute atomic E-state index is 13.1. The Balaban J connectivity index is 2.34. The highest BCUT2D eigenvalue weighted by atomic mass is 19.4.